The van der Waals surface area contributed by atoms with Crippen LogP contribution in [0.5, 0.6) is 0 Å². The van der Waals surface area contributed by atoms with Gasteiger partial charge >= 0.3 is 5.97 Å². The van der Waals surface area contributed by atoms with Gasteiger partial charge in [-0.05, 0) is 42.3 Å². The second kappa shape index (κ2) is 6.53. The Bertz CT molecular complexity index is 394. The van der Waals surface area contributed by atoms with Crippen LogP contribution in [0.3, 0.4) is 0 Å². The molecule has 0 aromatic carbocycles. The zero-order valence-corrected chi connectivity index (χ0v) is 12.4. The summed E-state index contributed by atoms with van der Waals surface area (Å²) in [5.74, 6) is -0.605. The lowest BCUT2D eigenvalue weighted by molar-refractivity contribution is -0.151. The Morgan fingerprint density at radius 2 is 2.05 bits per heavy atom. The van der Waals surface area contributed by atoms with E-state index in [0.717, 1.165) is 32.2 Å². The molecule has 0 radical (unpaired) electrons. The molecule has 0 aliphatic heterocycles. The van der Waals surface area contributed by atoms with E-state index in [1.54, 1.807) is 11.3 Å². The molecule has 2 rings (SSSR count). The van der Waals surface area contributed by atoms with Crippen LogP contribution in [-0.2, 0) is 11.3 Å². The minimum absolute atomic E-state index is 0.527. The summed E-state index contributed by atoms with van der Waals surface area (Å²) in [4.78, 5) is 13.9. The summed E-state index contributed by atoms with van der Waals surface area (Å²) in [5.41, 5.74) is 0.753. The average Bonchev–Trinajstić information content (AvgIpc) is 2.73. The quantitative estimate of drug-likeness (QED) is 0.838. The number of rotatable bonds is 5. The van der Waals surface area contributed by atoms with Crippen molar-refractivity contribution >= 4 is 17.3 Å². The Morgan fingerprint density at radius 3 is 2.58 bits per heavy atom. The van der Waals surface area contributed by atoms with Crippen molar-refractivity contribution in [2.24, 2.45) is 5.41 Å². The van der Waals surface area contributed by atoms with Gasteiger partial charge in [0, 0.05) is 13.1 Å². The number of carboxylic acid groups (broad SMARTS) is 1. The van der Waals surface area contributed by atoms with E-state index in [9.17, 15) is 9.90 Å². The molecule has 1 aromatic rings. The SMILES string of the molecule is CN(Cc1ccsc1)CC1(C(=O)O)CCCCCC1. The lowest BCUT2D eigenvalue weighted by Crippen LogP contribution is -2.41. The highest BCUT2D eigenvalue weighted by molar-refractivity contribution is 7.07. The van der Waals surface area contributed by atoms with Crippen molar-refractivity contribution in [1.29, 1.82) is 0 Å². The lowest BCUT2D eigenvalue weighted by atomic mass is 9.80. The van der Waals surface area contributed by atoms with Gasteiger partial charge < -0.3 is 10.0 Å². The zero-order valence-electron chi connectivity index (χ0n) is 11.6. The van der Waals surface area contributed by atoms with Crippen molar-refractivity contribution in [1.82, 2.24) is 4.90 Å². The summed E-state index contributed by atoms with van der Waals surface area (Å²) in [5, 5.41) is 13.9. The van der Waals surface area contributed by atoms with Crippen molar-refractivity contribution in [2.45, 2.75) is 45.1 Å². The van der Waals surface area contributed by atoms with E-state index >= 15 is 0 Å². The smallest absolute Gasteiger partial charge is 0.310 e. The van der Waals surface area contributed by atoms with Crippen LogP contribution in [0, 0.1) is 5.41 Å². The van der Waals surface area contributed by atoms with Crippen LogP contribution in [-0.4, -0.2) is 29.6 Å². The molecule has 0 unspecified atom stereocenters. The highest BCUT2D eigenvalue weighted by atomic mass is 32.1. The van der Waals surface area contributed by atoms with Crippen LogP contribution in [0.4, 0.5) is 0 Å². The lowest BCUT2D eigenvalue weighted by Gasteiger charge is -2.32. The van der Waals surface area contributed by atoms with Crippen molar-refractivity contribution in [3.8, 4) is 0 Å². The topological polar surface area (TPSA) is 40.5 Å². The maximum absolute atomic E-state index is 11.7. The predicted octanol–water partition coefficient (Wildman–Crippen LogP) is 3.61. The molecule has 0 atom stereocenters. The number of hydrogen-bond donors (Lipinski definition) is 1. The molecule has 1 heterocycles. The van der Waals surface area contributed by atoms with E-state index in [4.69, 9.17) is 0 Å². The first kappa shape index (κ1) is 14.5. The third-order valence-electron chi connectivity index (χ3n) is 4.12. The van der Waals surface area contributed by atoms with Crippen LogP contribution in [0.15, 0.2) is 16.8 Å². The molecule has 106 valence electrons. The molecular formula is C15H23NO2S. The summed E-state index contributed by atoms with van der Waals surface area (Å²) in [6.07, 6.45) is 6.14. The minimum atomic E-state index is -0.605. The molecule has 1 aliphatic carbocycles. The van der Waals surface area contributed by atoms with Gasteiger partial charge in [0.15, 0.2) is 0 Å². The van der Waals surface area contributed by atoms with Crippen molar-refractivity contribution in [3.05, 3.63) is 22.4 Å². The van der Waals surface area contributed by atoms with Crippen LogP contribution in [0.1, 0.15) is 44.1 Å². The van der Waals surface area contributed by atoms with Gasteiger partial charge in [-0.3, -0.25) is 4.79 Å². The molecule has 1 aromatic heterocycles. The van der Waals surface area contributed by atoms with Crippen LogP contribution in [0.25, 0.3) is 0 Å². The molecule has 1 aliphatic rings. The minimum Gasteiger partial charge on any atom is -0.481 e. The van der Waals surface area contributed by atoms with Crippen LogP contribution in [0.2, 0.25) is 0 Å². The molecular weight excluding hydrogens is 258 g/mol. The summed E-state index contributed by atoms with van der Waals surface area (Å²) in [6.45, 7) is 1.51. The van der Waals surface area contributed by atoms with Gasteiger partial charge in [0.25, 0.3) is 0 Å². The van der Waals surface area contributed by atoms with Gasteiger partial charge in [-0.2, -0.15) is 11.3 Å². The van der Waals surface area contributed by atoms with E-state index in [-0.39, 0.29) is 0 Å². The molecule has 0 bridgehead atoms. The summed E-state index contributed by atoms with van der Waals surface area (Å²) < 4.78 is 0. The molecule has 1 N–H and O–H groups in total. The van der Waals surface area contributed by atoms with E-state index in [1.807, 2.05) is 7.05 Å². The molecule has 0 spiro atoms. The molecule has 0 amide bonds. The van der Waals surface area contributed by atoms with Crippen molar-refractivity contribution in [2.75, 3.05) is 13.6 Å². The molecule has 0 saturated heterocycles. The van der Waals surface area contributed by atoms with E-state index < -0.39 is 11.4 Å². The summed E-state index contributed by atoms with van der Waals surface area (Å²) in [6, 6.07) is 2.11. The second-order valence-electron chi connectivity index (χ2n) is 5.80. The first-order valence-corrected chi connectivity index (χ1v) is 8.00. The third kappa shape index (κ3) is 3.80. The Labute approximate surface area is 119 Å². The van der Waals surface area contributed by atoms with Gasteiger partial charge in [0.05, 0.1) is 5.41 Å². The van der Waals surface area contributed by atoms with E-state index in [1.165, 1.54) is 18.4 Å². The first-order valence-electron chi connectivity index (χ1n) is 7.05. The standard InChI is InChI=1S/C15H23NO2S/c1-16(10-13-6-9-19-11-13)12-15(14(17)18)7-4-2-3-5-8-15/h6,9,11H,2-5,7-8,10,12H2,1H3,(H,17,18). The number of nitrogens with zero attached hydrogens (tertiary/aromatic N) is 1. The largest absolute Gasteiger partial charge is 0.481 e. The Morgan fingerprint density at radius 1 is 1.37 bits per heavy atom. The monoisotopic (exact) mass is 281 g/mol. The van der Waals surface area contributed by atoms with E-state index in [2.05, 4.69) is 21.7 Å². The summed E-state index contributed by atoms with van der Waals surface area (Å²) >= 11 is 1.69. The van der Waals surface area contributed by atoms with Crippen molar-refractivity contribution in [3.63, 3.8) is 0 Å². The first-order chi connectivity index (χ1) is 9.12. The maximum atomic E-state index is 11.7. The number of carboxylic acids is 1. The number of aliphatic carboxylic acids is 1. The molecule has 4 heteroatoms. The van der Waals surface area contributed by atoms with Crippen molar-refractivity contribution < 1.29 is 9.90 Å². The van der Waals surface area contributed by atoms with Gasteiger partial charge in [0.1, 0.15) is 0 Å². The number of carbonyl (C=O) groups is 1. The Balaban J connectivity index is 2.01. The number of hydrogen-bond acceptors (Lipinski definition) is 3. The fourth-order valence-corrected chi connectivity index (χ4v) is 3.77. The normalized spacial score (nSPS) is 19.3. The zero-order chi connectivity index (χ0) is 13.7. The van der Waals surface area contributed by atoms with Gasteiger partial charge in [-0.1, -0.05) is 25.7 Å². The van der Waals surface area contributed by atoms with Gasteiger partial charge in [0.2, 0.25) is 0 Å². The van der Waals surface area contributed by atoms with Gasteiger partial charge in [-0.15, -0.1) is 0 Å². The molecule has 1 saturated carbocycles. The van der Waals surface area contributed by atoms with E-state index in [0.29, 0.717) is 6.54 Å². The number of thiophene rings is 1. The average molecular weight is 281 g/mol. The Kier molecular flexibility index (Phi) is 4.99. The highest BCUT2D eigenvalue weighted by Gasteiger charge is 2.39. The van der Waals surface area contributed by atoms with Gasteiger partial charge in [-0.25, -0.2) is 0 Å². The predicted molar refractivity (Wildman–Crippen MR) is 78.4 cm³/mol. The molecule has 19 heavy (non-hydrogen) atoms. The summed E-state index contributed by atoms with van der Waals surface area (Å²) in [7, 11) is 2.03. The van der Waals surface area contributed by atoms with Crippen LogP contribution < -0.4 is 0 Å². The second-order valence-corrected chi connectivity index (χ2v) is 6.58. The maximum Gasteiger partial charge on any atom is 0.310 e. The molecule has 3 nitrogen and oxygen atoms in total. The fourth-order valence-electron chi connectivity index (χ4n) is 3.11. The Hall–Kier alpha value is -0.870. The van der Waals surface area contributed by atoms with Crippen LogP contribution >= 0.6 is 11.3 Å². The molecule has 1 fully saturated rings. The fraction of sp³-hybridized carbons (Fsp3) is 0.667. The highest BCUT2D eigenvalue weighted by Crippen LogP contribution is 2.36. The third-order valence-corrected chi connectivity index (χ3v) is 4.85.